The number of aryl methyl sites for hydroxylation is 1. The van der Waals surface area contributed by atoms with Crippen LogP contribution in [0.25, 0.3) is 0 Å². The molecule has 5 heteroatoms. The monoisotopic (exact) mass is 265 g/mol. The van der Waals surface area contributed by atoms with Crippen LogP contribution in [0, 0.1) is 6.92 Å². The summed E-state index contributed by atoms with van der Waals surface area (Å²) in [6.07, 6.45) is 2.15. The van der Waals surface area contributed by atoms with E-state index in [4.69, 9.17) is 5.11 Å². The first-order valence-electron chi connectivity index (χ1n) is 5.82. The fraction of sp³-hybridized carbons (Fsp3) is 0.385. The molecule has 4 nitrogen and oxygen atoms in total. The van der Waals surface area contributed by atoms with Gasteiger partial charge in [-0.25, -0.2) is 4.79 Å². The van der Waals surface area contributed by atoms with Gasteiger partial charge in [0.05, 0.1) is 11.3 Å². The van der Waals surface area contributed by atoms with Crippen LogP contribution in [-0.4, -0.2) is 28.8 Å². The Labute approximate surface area is 110 Å². The highest BCUT2D eigenvalue weighted by atomic mass is 32.2. The lowest BCUT2D eigenvalue weighted by atomic mass is 10.1. The van der Waals surface area contributed by atoms with Crippen molar-refractivity contribution in [3.05, 3.63) is 29.3 Å². The van der Waals surface area contributed by atoms with E-state index < -0.39 is 5.97 Å². The molecule has 2 rings (SSSR count). The summed E-state index contributed by atoms with van der Waals surface area (Å²) in [6, 6.07) is 5.60. The Morgan fingerprint density at radius 3 is 2.78 bits per heavy atom. The number of amides is 1. The first-order chi connectivity index (χ1) is 8.56. The number of hydrogen-bond acceptors (Lipinski definition) is 3. The number of thioether (sulfide) groups is 1. The number of carbonyl (C=O) groups excluding carboxylic acids is 1. The Morgan fingerprint density at radius 2 is 2.17 bits per heavy atom. The average Bonchev–Trinajstić information content (AvgIpc) is 3.11. The maximum atomic E-state index is 11.5. The van der Waals surface area contributed by atoms with E-state index in [0.29, 0.717) is 17.4 Å². The fourth-order valence-electron chi connectivity index (χ4n) is 1.57. The van der Waals surface area contributed by atoms with E-state index >= 15 is 0 Å². The molecule has 18 heavy (non-hydrogen) atoms. The Hall–Kier alpha value is -1.49. The molecule has 96 valence electrons. The zero-order valence-corrected chi connectivity index (χ0v) is 10.9. The molecule has 2 N–H and O–H groups in total. The molecule has 1 amide bonds. The van der Waals surface area contributed by atoms with E-state index in [1.807, 2.05) is 6.07 Å². The van der Waals surface area contributed by atoms with Crippen molar-refractivity contribution in [1.29, 1.82) is 0 Å². The zero-order chi connectivity index (χ0) is 13.1. The highest BCUT2D eigenvalue weighted by molar-refractivity contribution is 8.00. The summed E-state index contributed by atoms with van der Waals surface area (Å²) in [5, 5.41) is 11.9. The molecule has 0 radical (unpaired) electrons. The molecule has 0 atom stereocenters. The summed E-state index contributed by atoms with van der Waals surface area (Å²) in [5.41, 5.74) is 1.02. The second kappa shape index (κ2) is 5.44. The molecule has 0 saturated heterocycles. The van der Waals surface area contributed by atoms with Gasteiger partial charge in [-0.3, -0.25) is 4.79 Å². The normalized spacial score (nSPS) is 14.3. The smallest absolute Gasteiger partial charge is 0.335 e. The largest absolute Gasteiger partial charge is 0.478 e. The summed E-state index contributed by atoms with van der Waals surface area (Å²) in [4.78, 5) is 23.3. The molecule has 1 aliphatic rings. The molecule has 1 fully saturated rings. The van der Waals surface area contributed by atoms with Crippen molar-refractivity contribution in [2.45, 2.75) is 30.7 Å². The minimum Gasteiger partial charge on any atom is -0.478 e. The van der Waals surface area contributed by atoms with E-state index in [1.54, 1.807) is 19.1 Å². The van der Waals surface area contributed by atoms with Crippen LogP contribution >= 0.6 is 11.8 Å². The van der Waals surface area contributed by atoms with Crippen molar-refractivity contribution < 1.29 is 14.7 Å². The molecule has 0 spiro atoms. The van der Waals surface area contributed by atoms with E-state index in [2.05, 4.69) is 5.32 Å². The van der Waals surface area contributed by atoms with Gasteiger partial charge in [-0.2, -0.15) is 0 Å². The predicted octanol–water partition coefficient (Wildman–Crippen LogP) is 2.06. The lowest BCUT2D eigenvalue weighted by molar-refractivity contribution is -0.118. The lowest BCUT2D eigenvalue weighted by Gasteiger charge is -2.06. The first kappa shape index (κ1) is 13.0. The zero-order valence-electron chi connectivity index (χ0n) is 10.1. The Morgan fingerprint density at radius 1 is 1.44 bits per heavy atom. The van der Waals surface area contributed by atoms with Crippen LogP contribution in [0.3, 0.4) is 0 Å². The maximum absolute atomic E-state index is 11.5. The van der Waals surface area contributed by atoms with Crippen molar-refractivity contribution in [2.24, 2.45) is 0 Å². The minimum absolute atomic E-state index is 0.0138. The Kier molecular flexibility index (Phi) is 3.91. The SMILES string of the molecule is Cc1ccc(SCC(=O)NC2CC2)cc1C(=O)O. The van der Waals surface area contributed by atoms with Gasteiger partial charge in [-0.1, -0.05) is 6.07 Å². The molecule has 1 aromatic rings. The van der Waals surface area contributed by atoms with Gasteiger partial charge < -0.3 is 10.4 Å². The highest BCUT2D eigenvalue weighted by Crippen LogP contribution is 2.23. The molecule has 0 heterocycles. The summed E-state index contributed by atoms with van der Waals surface area (Å²) in [7, 11) is 0. The summed E-state index contributed by atoms with van der Waals surface area (Å²) in [6.45, 7) is 1.76. The second-order valence-electron chi connectivity index (χ2n) is 4.41. The number of carboxylic acids is 1. The standard InChI is InChI=1S/C13H15NO3S/c1-8-2-5-10(6-11(8)13(16)17)18-7-12(15)14-9-3-4-9/h2,5-6,9H,3-4,7H2,1H3,(H,14,15)(H,16,17). The van der Waals surface area contributed by atoms with Crippen molar-refractivity contribution in [1.82, 2.24) is 5.32 Å². The van der Waals surface area contributed by atoms with Crippen molar-refractivity contribution >= 4 is 23.6 Å². The Bertz CT molecular complexity index is 483. The van der Waals surface area contributed by atoms with Gasteiger partial charge in [0.15, 0.2) is 0 Å². The maximum Gasteiger partial charge on any atom is 0.335 e. The first-order valence-corrected chi connectivity index (χ1v) is 6.81. The van der Waals surface area contributed by atoms with E-state index in [0.717, 1.165) is 23.3 Å². The molecular formula is C13H15NO3S. The lowest BCUT2D eigenvalue weighted by Crippen LogP contribution is -2.26. The van der Waals surface area contributed by atoms with Gasteiger partial charge in [-0.05, 0) is 37.5 Å². The van der Waals surface area contributed by atoms with Gasteiger partial charge in [-0.15, -0.1) is 11.8 Å². The van der Waals surface area contributed by atoms with Crippen molar-refractivity contribution in [2.75, 3.05) is 5.75 Å². The van der Waals surface area contributed by atoms with E-state index in [-0.39, 0.29) is 5.91 Å². The second-order valence-corrected chi connectivity index (χ2v) is 5.46. The number of hydrogen-bond donors (Lipinski definition) is 2. The molecule has 1 saturated carbocycles. The van der Waals surface area contributed by atoms with Gasteiger partial charge in [0.25, 0.3) is 0 Å². The summed E-state index contributed by atoms with van der Waals surface area (Å²) >= 11 is 1.36. The third kappa shape index (κ3) is 3.50. The predicted molar refractivity (Wildman–Crippen MR) is 70.0 cm³/mol. The number of nitrogens with one attached hydrogen (secondary N) is 1. The summed E-state index contributed by atoms with van der Waals surface area (Å²) in [5.74, 6) is -0.587. The van der Waals surface area contributed by atoms with Gasteiger partial charge in [0.2, 0.25) is 5.91 Å². The average molecular weight is 265 g/mol. The van der Waals surface area contributed by atoms with E-state index in [9.17, 15) is 9.59 Å². The molecule has 1 aliphatic carbocycles. The molecule has 0 unspecified atom stereocenters. The van der Waals surface area contributed by atoms with Crippen LogP contribution in [0.15, 0.2) is 23.1 Å². The van der Waals surface area contributed by atoms with Crippen LogP contribution in [0.5, 0.6) is 0 Å². The van der Waals surface area contributed by atoms with Gasteiger partial charge >= 0.3 is 5.97 Å². The molecule has 0 aromatic heterocycles. The summed E-state index contributed by atoms with van der Waals surface area (Å²) < 4.78 is 0. The molecule has 0 aliphatic heterocycles. The van der Waals surface area contributed by atoms with E-state index in [1.165, 1.54) is 11.8 Å². The fourth-order valence-corrected chi connectivity index (χ4v) is 2.31. The highest BCUT2D eigenvalue weighted by Gasteiger charge is 2.23. The third-order valence-electron chi connectivity index (χ3n) is 2.75. The number of benzene rings is 1. The van der Waals surface area contributed by atoms with Crippen molar-refractivity contribution in [3.8, 4) is 0 Å². The molecule has 1 aromatic carbocycles. The topological polar surface area (TPSA) is 66.4 Å². The van der Waals surface area contributed by atoms with Gasteiger partial charge in [0.1, 0.15) is 0 Å². The van der Waals surface area contributed by atoms with Gasteiger partial charge in [0, 0.05) is 10.9 Å². The number of carbonyl (C=O) groups is 2. The Balaban J connectivity index is 1.94. The molecular weight excluding hydrogens is 250 g/mol. The molecule has 0 bridgehead atoms. The number of aromatic carboxylic acids is 1. The number of carboxylic acid groups (broad SMARTS) is 1. The van der Waals surface area contributed by atoms with Crippen LogP contribution in [0.2, 0.25) is 0 Å². The van der Waals surface area contributed by atoms with Crippen LogP contribution in [0.1, 0.15) is 28.8 Å². The van der Waals surface area contributed by atoms with Crippen LogP contribution in [0.4, 0.5) is 0 Å². The van der Waals surface area contributed by atoms with Crippen LogP contribution in [-0.2, 0) is 4.79 Å². The third-order valence-corrected chi connectivity index (χ3v) is 3.75. The minimum atomic E-state index is -0.933. The van der Waals surface area contributed by atoms with Crippen LogP contribution < -0.4 is 5.32 Å². The van der Waals surface area contributed by atoms with Crippen molar-refractivity contribution in [3.63, 3.8) is 0 Å². The number of rotatable bonds is 5. The quantitative estimate of drug-likeness (QED) is 0.800.